The molecular weight excluding hydrogens is 384 g/mol. The highest BCUT2D eigenvalue weighted by Crippen LogP contribution is 2.30. The second-order valence-electron chi connectivity index (χ2n) is 7.55. The fraction of sp³-hybridized carbons (Fsp3) is 0.143. The normalized spacial score (nSPS) is 10.7. The number of methoxy groups -OCH3 is 1. The van der Waals surface area contributed by atoms with E-state index in [9.17, 15) is 0 Å². The first-order valence-corrected chi connectivity index (χ1v) is 10.3. The van der Waals surface area contributed by atoms with Crippen LogP contribution >= 0.6 is 0 Å². The molecule has 3 heteroatoms. The van der Waals surface area contributed by atoms with E-state index < -0.39 is 6.29 Å². The summed E-state index contributed by atoms with van der Waals surface area (Å²) < 4.78 is 17.9. The maximum absolute atomic E-state index is 6.28. The lowest BCUT2D eigenvalue weighted by molar-refractivity contribution is 0.00383. The van der Waals surface area contributed by atoms with Gasteiger partial charge < -0.3 is 14.2 Å². The summed E-state index contributed by atoms with van der Waals surface area (Å²) in [6, 6.07) is 32.2. The summed E-state index contributed by atoms with van der Waals surface area (Å²) in [7, 11) is 1.68. The van der Waals surface area contributed by atoms with Crippen LogP contribution < -0.4 is 14.2 Å². The third kappa shape index (κ3) is 5.26. The van der Waals surface area contributed by atoms with Crippen molar-refractivity contribution in [2.75, 3.05) is 7.11 Å². The Bertz CT molecular complexity index is 1080. The van der Waals surface area contributed by atoms with Crippen LogP contribution in [0, 0.1) is 13.8 Å². The smallest absolute Gasteiger partial charge is 0.267 e. The van der Waals surface area contributed by atoms with E-state index in [2.05, 4.69) is 32.0 Å². The first-order valence-electron chi connectivity index (χ1n) is 10.3. The Kier molecular flexibility index (Phi) is 6.23. The Hall–Kier alpha value is -3.72. The standard InChI is InChI=1S/C28H26O3/c1-20-10-14-25(15-11-20)30-28(31-26-16-12-21(2)13-17-26)24-8-4-6-22(18-24)23-7-5-9-27(19-23)29-3/h4-19,28H,1-3H3. The molecule has 0 bridgehead atoms. The molecule has 4 aromatic carbocycles. The van der Waals surface area contributed by atoms with Crippen LogP contribution in [-0.4, -0.2) is 7.11 Å². The van der Waals surface area contributed by atoms with Gasteiger partial charge in [0.1, 0.15) is 17.2 Å². The number of hydrogen-bond acceptors (Lipinski definition) is 3. The van der Waals surface area contributed by atoms with E-state index in [1.165, 1.54) is 11.1 Å². The molecule has 0 aliphatic rings. The third-order valence-electron chi connectivity index (χ3n) is 5.09. The number of rotatable bonds is 7. The molecule has 0 spiro atoms. The quantitative estimate of drug-likeness (QED) is 0.303. The van der Waals surface area contributed by atoms with Gasteiger partial charge in [0.2, 0.25) is 0 Å². The number of ether oxygens (including phenoxy) is 3. The summed E-state index contributed by atoms with van der Waals surface area (Å²) in [6.45, 7) is 4.11. The summed E-state index contributed by atoms with van der Waals surface area (Å²) in [5.41, 5.74) is 5.44. The maximum Gasteiger partial charge on any atom is 0.267 e. The first-order chi connectivity index (χ1) is 15.1. The Balaban J connectivity index is 1.68. The van der Waals surface area contributed by atoms with Crippen molar-refractivity contribution in [2.45, 2.75) is 20.1 Å². The molecule has 3 nitrogen and oxygen atoms in total. The van der Waals surface area contributed by atoms with Crippen molar-refractivity contribution in [3.8, 4) is 28.4 Å². The lowest BCUT2D eigenvalue weighted by atomic mass is 10.0. The van der Waals surface area contributed by atoms with Gasteiger partial charge in [0.15, 0.2) is 0 Å². The molecule has 0 radical (unpaired) electrons. The molecule has 0 N–H and O–H groups in total. The first kappa shape index (κ1) is 20.5. The van der Waals surface area contributed by atoms with Gasteiger partial charge in [-0.1, -0.05) is 65.7 Å². The minimum Gasteiger partial charge on any atom is -0.497 e. The van der Waals surface area contributed by atoms with Crippen LogP contribution in [0.25, 0.3) is 11.1 Å². The topological polar surface area (TPSA) is 27.7 Å². The Labute approximate surface area is 183 Å². The zero-order valence-electron chi connectivity index (χ0n) is 18.0. The monoisotopic (exact) mass is 410 g/mol. The maximum atomic E-state index is 6.28. The van der Waals surface area contributed by atoms with Gasteiger partial charge >= 0.3 is 0 Å². The van der Waals surface area contributed by atoms with Crippen molar-refractivity contribution >= 4 is 0 Å². The van der Waals surface area contributed by atoms with E-state index in [4.69, 9.17) is 14.2 Å². The van der Waals surface area contributed by atoms with E-state index in [0.29, 0.717) is 0 Å². The van der Waals surface area contributed by atoms with Gasteiger partial charge in [-0.15, -0.1) is 0 Å². The van der Waals surface area contributed by atoms with E-state index in [-0.39, 0.29) is 0 Å². The van der Waals surface area contributed by atoms with Crippen LogP contribution in [0.15, 0.2) is 97.1 Å². The van der Waals surface area contributed by atoms with Crippen LogP contribution in [0.1, 0.15) is 23.0 Å². The molecule has 0 unspecified atom stereocenters. The molecule has 0 amide bonds. The van der Waals surface area contributed by atoms with Crippen molar-refractivity contribution in [2.24, 2.45) is 0 Å². The molecule has 0 heterocycles. The highest BCUT2D eigenvalue weighted by molar-refractivity contribution is 5.66. The van der Waals surface area contributed by atoms with E-state index >= 15 is 0 Å². The fourth-order valence-corrected chi connectivity index (χ4v) is 3.31. The van der Waals surface area contributed by atoms with Crippen LogP contribution in [-0.2, 0) is 0 Å². The van der Waals surface area contributed by atoms with Gasteiger partial charge in [0.25, 0.3) is 6.29 Å². The zero-order valence-corrected chi connectivity index (χ0v) is 18.0. The fourth-order valence-electron chi connectivity index (χ4n) is 3.31. The Morgan fingerprint density at radius 1 is 0.548 bits per heavy atom. The highest BCUT2D eigenvalue weighted by Gasteiger charge is 2.17. The molecule has 0 saturated heterocycles. The number of aryl methyl sites for hydroxylation is 2. The van der Waals surface area contributed by atoms with Gasteiger partial charge in [0.05, 0.1) is 7.11 Å². The van der Waals surface area contributed by atoms with Gasteiger partial charge in [-0.25, -0.2) is 0 Å². The van der Waals surface area contributed by atoms with Gasteiger partial charge in [0, 0.05) is 5.56 Å². The third-order valence-corrected chi connectivity index (χ3v) is 5.09. The summed E-state index contributed by atoms with van der Waals surface area (Å²) in [4.78, 5) is 0. The second kappa shape index (κ2) is 9.40. The SMILES string of the molecule is COc1cccc(-c2cccc(C(Oc3ccc(C)cc3)Oc3ccc(C)cc3)c2)c1. The van der Waals surface area contributed by atoms with Crippen molar-refractivity contribution in [1.29, 1.82) is 0 Å². The molecule has 31 heavy (non-hydrogen) atoms. The molecule has 0 fully saturated rings. The average molecular weight is 411 g/mol. The van der Waals surface area contributed by atoms with Gasteiger partial charge in [-0.2, -0.15) is 0 Å². The largest absolute Gasteiger partial charge is 0.497 e. The zero-order chi connectivity index (χ0) is 21.6. The lowest BCUT2D eigenvalue weighted by Gasteiger charge is -2.22. The molecule has 0 aromatic heterocycles. The van der Waals surface area contributed by atoms with E-state index in [0.717, 1.165) is 33.9 Å². The van der Waals surface area contributed by atoms with Crippen molar-refractivity contribution in [1.82, 2.24) is 0 Å². The van der Waals surface area contributed by atoms with Crippen molar-refractivity contribution < 1.29 is 14.2 Å². The summed E-state index contributed by atoms with van der Waals surface area (Å²) in [6.07, 6.45) is -0.587. The Morgan fingerprint density at radius 2 is 1.06 bits per heavy atom. The predicted molar refractivity (Wildman–Crippen MR) is 125 cm³/mol. The molecule has 156 valence electrons. The second-order valence-corrected chi connectivity index (χ2v) is 7.55. The lowest BCUT2D eigenvalue weighted by Crippen LogP contribution is -2.15. The molecule has 0 aliphatic carbocycles. The molecular formula is C28H26O3. The van der Waals surface area contributed by atoms with E-state index in [1.807, 2.05) is 78.9 Å². The van der Waals surface area contributed by atoms with Crippen LogP contribution in [0.5, 0.6) is 17.2 Å². The summed E-state index contributed by atoms with van der Waals surface area (Å²) in [5.74, 6) is 2.34. The Morgan fingerprint density at radius 3 is 1.61 bits per heavy atom. The summed E-state index contributed by atoms with van der Waals surface area (Å²) >= 11 is 0. The molecule has 0 atom stereocenters. The highest BCUT2D eigenvalue weighted by atomic mass is 16.7. The summed E-state index contributed by atoms with van der Waals surface area (Å²) in [5, 5.41) is 0. The van der Waals surface area contributed by atoms with Crippen molar-refractivity contribution in [3.05, 3.63) is 114 Å². The average Bonchev–Trinajstić information content (AvgIpc) is 2.81. The van der Waals surface area contributed by atoms with Crippen molar-refractivity contribution in [3.63, 3.8) is 0 Å². The molecule has 0 saturated carbocycles. The number of hydrogen-bond donors (Lipinski definition) is 0. The van der Waals surface area contributed by atoms with Gasteiger partial charge in [-0.3, -0.25) is 0 Å². The number of benzene rings is 4. The van der Waals surface area contributed by atoms with Gasteiger partial charge in [-0.05, 0) is 67.4 Å². The minimum absolute atomic E-state index is 0.587. The van der Waals surface area contributed by atoms with Crippen LogP contribution in [0.4, 0.5) is 0 Å². The minimum atomic E-state index is -0.587. The van der Waals surface area contributed by atoms with Crippen LogP contribution in [0.3, 0.4) is 0 Å². The van der Waals surface area contributed by atoms with E-state index in [1.54, 1.807) is 7.11 Å². The molecule has 4 aromatic rings. The van der Waals surface area contributed by atoms with Crippen LogP contribution in [0.2, 0.25) is 0 Å². The molecule has 4 rings (SSSR count). The molecule has 0 aliphatic heterocycles. The predicted octanol–water partition coefficient (Wildman–Crippen LogP) is 7.14.